The van der Waals surface area contributed by atoms with Gasteiger partial charge in [0.05, 0.1) is 23.1 Å². The summed E-state index contributed by atoms with van der Waals surface area (Å²) in [6.45, 7) is 0. The number of ether oxygens (including phenoxy) is 1. The van der Waals surface area contributed by atoms with Gasteiger partial charge >= 0.3 is 0 Å². The monoisotopic (exact) mass is 322 g/mol. The van der Waals surface area contributed by atoms with E-state index in [0.717, 1.165) is 6.33 Å². The van der Waals surface area contributed by atoms with Crippen molar-refractivity contribution in [1.29, 1.82) is 0 Å². The van der Waals surface area contributed by atoms with Gasteiger partial charge in [0.1, 0.15) is 23.4 Å². The Hall–Kier alpha value is -2.47. The highest BCUT2D eigenvalue weighted by molar-refractivity contribution is 6.34. The minimum Gasteiger partial charge on any atom is -0.496 e. The Kier molecular flexibility index (Phi) is 3.54. The van der Waals surface area contributed by atoms with Crippen LogP contribution >= 0.6 is 11.6 Å². The number of hydrogen-bond donors (Lipinski definition) is 1. The van der Waals surface area contributed by atoms with Gasteiger partial charge in [0.15, 0.2) is 5.82 Å². The molecule has 0 spiro atoms. The zero-order chi connectivity index (χ0) is 15.9. The van der Waals surface area contributed by atoms with E-state index in [1.807, 2.05) is 0 Å². The number of nitrogens with zero attached hydrogens (tertiary/aromatic N) is 2. The second-order valence-electron chi connectivity index (χ2n) is 4.46. The van der Waals surface area contributed by atoms with Gasteiger partial charge in [-0.05, 0) is 18.2 Å². The van der Waals surface area contributed by atoms with E-state index in [1.54, 1.807) is 0 Å². The first-order valence-corrected chi connectivity index (χ1v) is 6.57. The zero-order valence-electron chi connectivity index (χ0n) is 11.3. The molecule has 112 valence electrons. The first kappa shape index (κ1) is 14.5. The lowest BCUT2D eigenvalue weighted by Gasteiger charge is -2.13. The predicted molar refractivity (Wildman–Crippen MR) is 78.1 cm³/mol. The van der Waals surface area contributed by atoms with Gasteiger partial charge in [-0.15, -0.1) is 0 Å². The second kappa shape index (κ2) is 5.38. The highest BCUT2D eigenvalue weighted by Gasteiger charge is 2.22. The van der Waals surface area contributed by atoms with Crippen molar-refractivity contribution in [3.63, 3.8) is 0 Å². The molecule has 0 radical (unpaired) electrons. The molecule has 0 fully saturated rings. The van der Waals surface area contributed by atoms with E-state index < -0.39 is 17.5 Å². The van der Waals surface area contributed by atoms with Crippen molar-refractivity contribution < 1.29 is 18.6 Å². The summed E-state index contributed by atoms with van der Waals surface area (Å²) in [6, 6.07) is 5.40. The standard InChI is InChI=1S/C15H9ClF2N2O2/c1-22-10-4-2-3-9(17)12(10)11-8(16)5-7-14(13(11)18)19-6-20-15(7)21/h2-6H,1H3,(H,19,20,21). The number of aromatic hydroxyl groups is 1. The summed E-state index contributed by atoms with van der Waals surface area (Å²) < 4.78 is 34.0. The van der Waals surface area contributed by atoms with Gasteiger partial charge in [-0.1, -0.05) is 17.7 Å². The largest absolute Gasteiger partial charge is 0.496 e. The molecule has 0 amide bonds. The summed E-state index contributed by atoms with van der Waals surface area (Å²) in [5.74, 6) is -1.81. The molecule has 2 aromatic carbocycles. The molecule has 4 nitrogen and oxygen atoms in total. The fraction of sp³-hybridized carbons (Fsp3) is 0.0667. The number of rotatable bonds is 2. The molecule has 1 heterocycles. The van der Waals surface area contributed by atoms with Gasteiger partial charge < -0.3 is 9.84 Å². The third-order valence-electron chi connectivity index (χ3n) is 3.25. The molecular weight excluding hydrogens is 314 g/mol. The van der Waals surface area contributed by atoms with Crippen LogP contribution in [0.15, 0.2) is 30.6 Å². The van der Waals surface area contributed by atoms with E-state index in [4.69, 9.17) is 16.3 Å². The molecule has 0 unspecified atom stereocenters. The molecule has 0 saturated carbocycles. The van der Waals surface area contributed by atoms with Crippen LogP contribution in [0.3, 0.4) is 0 Å². The molecule has 1 aromatic heterocycles. The van der Waals surface area contributed by atoms with Crippen LogP contribution in [0.5, 0.6) is 11.6 Å². The van der Waals surface area contributed by atoms with Gasteiger partial charge in [0.25, 0.3) is 0 Å². The van der Waals surface area contributed by atoms with E-state index in [1.165, 1.54) is 31.4 Å². The first-order valence-electron chi connectivity index (χ1n) is 6.19. The number of methoxy groups -OCH3 is 1. The second-order valence-corrected chi connectivity index (χ2v) is 4.87. The fourth-order valence-corrected chi connectivity index (χ4v) is 2.55. The Balaban J connectivity index is 2.43. The maximum atomic E-state index is 14.8. The summed E-state index contributed by atoms with van der Waals surface area (Å²) in [5.41, 5.74) is -0.438. The van der Waals surface area contributed by atoms with E-state index in [2.05, 4.69) is 9.97 Å². The molecule has 0 aliphatic heterocycles. The number of halogens is 3. The molecular formula is C15H9ClF2N2O2. The summed E-state index contributed by atoms with van der Waals surface area (Å²) in [6.07, 6.45) is 1.01. The zero-order valence-corrected chi connectivity index (χ0v) is 12.0. The van der Waals surface area contributed by atoms with Gasteiger partial charge in [0.2, 0.25) is 5.88 Å². The van der Waals surface area contributed by atoms with Gasteiger partial charge in [0, 0.05) is 5.56 Å². The van der Waals surface area contributed by atoms with E-state index >= 15 is 0 Å². The third kappa shape index (κ3) is 2.12. The Morgan fingerprint density at radius 3 is 2.68 bits per heavy atom. The average molecular weight is 323 g/mol. The lowest BCUT2D eigenvalue weighted by molar-refractivity contribution is 0.413. The molecule has 3 aromatic rings. The molecule has 0 saturated heterocycles. The molecule has 0 bridgehead atoms. The number of benzene rings is 2. The Morgan fingerprint density at radius 1 is 1.18 bits per heavy atom. The van der Waals surface area contributed by atoms with Gasteiger partial charge in [-0.3, -0.25) is 0 Å². The normalized spacial score (nSPS) is 10.9. The number of fused-ring (bicyclic) bond motifs is 1. The molecule has 1 N–H and O–H groups in total. The topological polar surface area (TPSA) is 55.2 Å². The summed E-state index contributed by atoms with van der Waals surface area (Å²) in [5, 5.41) is 9.62. The van der Waals surface area contributed by atoms with Crippen LogP contribution in [-0.2, 0) is 0 Å². The van der Waals surface area contributed by atoms with Crippen molar-refractivity contribution in [2.24, 2.45) is 0 Å². The van der Waals surface area contributed by atoms with E-state index in [-0.39, 0.29) is 32.8 Å². The van der Waals surface area contributed by atoms with Crippen LogP contribution in [0.25, 0.3) is 22.0 Å². The molecule has 0 aliphatic rings. The van der Waals surface area contributed by atoms with Gasteiger partial charge in [-0.2, -0.15) is 0 Å². The molecule has 7 heteroatoms. The summed E-state index contributed by atoms with van der Waals surface area (Å²) in [7, 11) is 1.35. The van der Waals surface area contributed by atoms with Crippen molar-refractivity contribution in [1.82, 2.24) is 9.97 Å². The van der Waals surface area contributed by atoms with Crippen molar-refractivity contribution in [2.75, 3.05) is 7.11 Å². The Morgan fingerprint density at radius 2 is 1.95 bits per heavy atom. The molecule has 0 aliphatic carbocycles. The van der Waals surface area contributed by atoms with Crippen LogP contribution in [-0.4, -0.2) is 22.2 Å². The number of hydrogen-bond acceptors (Lipinski definition) is 4. The maximum Gasteiger partial charge on any atom is 0.222 e. The maximum absolute atomic E-state index is 14.8. The fourth-order valence-electron chi connectivity index (χ4n) is 2.26. The minimum atomic E-state index is -0.858. The van der Waals surface area contributed by atoms with Gasteiger partial charge in [-0.25, -0.2) is 18.7 Å². The van der Waals surface area contributed by atoms with E-state index in [0.29, 0.717) is 0 Å². The SMILES string of the molecule is COc1cccc(F)c1-c1c(Cl)cc2c(O)ncnc2c1F. The van der Waals surface area contributed by atoms with Crippen LogP contribution < -0.4 is 4.74 Å². The van der Waals surface area contributed by atoms with Crippen molar-refractivity contribution in [2.45, 2.75) is 0 Å². The minimum absolute atomic E-state index is 0.0454. The van der Waals surface area contributed by atoms with Crippen molar-refractivity contribution in [3.8, 4) is 22.8 Å². The molecule has 22 heavy (non-hydrogen) atoms. The van der Waals surface area contributed by atoms with Crippen molar-refractivity contribution in [3.05, 3.63) is 47.2 Å². The average Bonchev–Trinajstić information content (AvgIpc) is 2.50. The lowest BCUT2D eigenvalue weighted by Crippen LogP contribution is -1.97. The summed E-state index contributed by atoms with van der Waals surface area (Å²) in [4.78, 5) is 7.35. The predicted octanol–water partition coefficient (Wildman–Crippen LogP) is 3.94. The van der Waals surface area contributed by atoms with E-state index in [9.17, 15) is 13.9 Å². The van der Waals surface area contributed by atoms with Crippen LogP contribution in [0.2, 0.25) is 5.02 Å². The van der Waals surface area contributed by atoms with Crippen LogP contribution in [0.1, 0.15) is 0 Å². The first-order chi connectivity index (χ1) is 10.5. The third-order valence-corrected chi connectivity index (χ3v) is 3.54. The molecule has 3 rings (SSSR count). The van der Waals surface area contributed by atoms with Crippen molar-refractivity contribution >= 4 is 22.5 Å². The molecule has 0 atom stereocenters. The Bertz CT molecular complexity index is 887. The Labute approximate surface area is 129 Å². The number of aromatic nitrogens is 2. The smallest absolute Gasteiger partial charge is 0.222 e. The summed E-state index contributed by atoms with van der Waals surface area (Å²) >= 11 is 6.09. The highest BCUT2D eigenvalue weighted by atomic mass is 35.5. The van der Waals surface area contributed by atoms with Crippen LogP contribution in [0.4, 0.5) is 8.78 Å². The van der Waals surface area contributed by atoms with Crippen LogP contribution in [0, 0.1) is 11.6 Å². The quantitative estimate of drug-likeness (QED) is 0.776. The highest BCUT2D eigenvalue weighted by Crippen LogP contribution is 2.41. The lowest BCUT2D eigenvalue weighted by atomic mass is 10.0.